The van der Waals surface area contributed by atoms with Crippen molar-refractivity contribution < 1.29 is 4.39 Å². The largest absolute Gasteiger partial charge is 0.397 e. The predicted molar refractivity (Wildman–Crippen MR) is 109 cm³/mol. The molecule has 0 bridgehead atoms. The Morgan fingerprint density at radius 2 is 2.15 bits per heavy atom. The van der Waals surface area contributed by atoms with Gasteiger partial charge in [0.2, 0.25) is 0 Å². The lowest BCUT2D eigenvalue weighted by Gasteiger charge is -2.11. The highest BCUT2D eigenvalue weighted by Gasteiger charge is 2.11. The van der Waals surface area contributed by atoms with Gasteiger partial charge in [0.05, 0.1) is 42.3 Å². The van der Waals surface area contributed by atoms with Gasteiger partial charge in [-0.25, -0.2) is 4.39 Å². The molecule has 2 N–H and O–H groups in total. The third kappa shape index (κ3) is 4.86. The van der Waals surface area contributed by atoms with Crippen molar-refractivity contribution in [2.75, 3.05) is 13.1 Å². The molecule has 0 saturated carbocycles. The summed E-state index contributed by atoms with van der Waals surface area (Å²) in [5.41, 5.74) is 11.3. The van der Waals surface area contributed by atoms with Crippen LogP contribution in [0.1, 0.15) is 5.56 Å². The van der Waals surface area contributed by atoms with Gasteiger partial charge in [-0.15, -0.1) is 0 Å². The number of hydrogen-bond acceptors (Lipinski definition) is 6. The van der Waals surface area contributed by atoms with Crippen molar-refractivity contribution in [3.05, 3.63) is 70.7 Å². The zero-order chi connectivity index (χ0) is 18.2. The fourth-order valence-electron chi connectivity index (χ4n) is 2.32. The van der Waals surface area contributed by atoms with Gasteiger partial charge in [-0.1, -0.05) is 30.0 Å². The Balaban J connectivity index is 1.89. The molecular weight excluding hydrogens is 349 g/mol. The first kappa shape index (κ1) is 18.0. The molecule has 132 valence electrons. The molecule has 2 aliphatic rings. The van der Waals surface area contributed by atoms with E-state index in [1.54, 1.807) is 48.3 Å². The highest BCUT2D eigenvalue weighted by molar-refractivity contribution is 8.14. The molecule has 7 heteroatoms. The van der Waals surface area contributed by atoms with Gasteiger partial charge in [0, 0.05) is 23.6 Å². The second-order valence-corrected chi connectivity index (χ2v) is 6.24. The molecule has 0 unspecified atom stereocenters. The topological polar surface area (TPSA) is 75.5 Å². The Hall–Kier alpha value is -2.80. The Labute approximate surface area is 155 Å². The molecule has 26 heavy (non-hydrogen) atoms. The van der Waals surface area contributed by atoms with E-state index in [1.165, 1.54) is 17.8 Å². The summed E-state index contributed by atoms with van der Waals surface area (Å²) in [5, 5.41) is 1.98. The van der Waals surface area contributed by atoms with Crippen molar-refractivity contribution in [1.82, 2.24) is 0 Å². The monoisotopic (exact) mass is 367 g/mol. The average Bonchev–Trinajstić information content (AvgIpc) is 2.96. The molecule has 0 spiro atoms. The van der Waals surface area contributed by atoms with Crippen LogP contribution in [0.15, 0.2) is 79.3 Å². The van der Waals surface area contributed by atoms with E-state index in [-0.39, 0.29) is 12.4 Å². The number of halogens is 1. The van der Waals surface area contributed by atoms with E-state index in [1.807, 2.05) is 5.41 Å². The zero-order valence-corrected chi connectivity index (χ0v) is 14.9. The minimum atomic E-state index is -0.273. The van der Waals surface area contributed by atoms with Crippen LogP contribution in [0, 0.1) is 5.82 Å². The van der Waals surface area contributed by atoms with Crippen LogP contribution in [0.2, 0.25) is 0 Å². The van der Waals surface area contributed by atoms with E-state index in [2.05, 4.69) is 20.0 Å². The fourth-order valence-corrected chi connectivity index (χ4v) is 2.90. The lowest BCUT2D eigenvalue weighted by Crippen LogP contribution is -2.17. The summed E-state index contributed by atoms with van der Waals surface area (Å²) in [6.07, 6.45) is 6.86. The van der Waals surface area contributed by atoms with Gasteiger partial charge in [-0.3, -0.25) is 20.0 Å². The molecule has 0 aliphatic carbocycles. The number of benzene rings is 1. The first-order chi connectivity index (χ1) is 12.7. The lowest BCUT2D eigenvalue weighted by atomic mass is 10.1. The molecule has 0 saturated heterocycles. The summed E-state index contributed by atoms with van der Waals surface area (Å²) in [6.45, 7) is 1.14. The molecule has 0 aromatic heterocycles. The van der Waals surface area contributed by atoms with Gasteiger partial charge in [0.25, 0.3) is 0 Å². The van der Waals surface area contributed by atoms with Crippen molar-refractivity contribution >= 4 is 34.9 Å². The van der Waals surface area contributed by atoms with Crippen molar-refractivity contribution in [2.24, 2.45) is 25.7 Å². The SMILES string of the molecule is NC(=CC(=NCc1ccccc1F)C1=CSC=NC1)C1=NC=CC=NC1. The molecule has 0 atom stereocenters. The maximum Gasteiger partial charge on any atom is 0.128 e. The molecule has 0 radical (unpaired) electrons. The average molecular weight is 367 g/mol. The van der Waals surface area contributed by atoms with Crippen LogP contribution in [-0.4, -0.2) is 36.3 Å². The molecule has 1 aromatic rings. The maximum atomic E-state index is 13.9. The van der Waals surface area contributed by atoms with Crippen LogP contribution in [0.3, 0.4) is 0 Å². The van der Waals surface area contributed by atoms with Crippen LogP contribution < -0.4 is 5.73 Å². The Kier molecular flexibility index (Phi) is 6.27. The quantitative estimate of drug-likeness (QED) is 0.811. The van der Waals surface area contributed by atoms with Crippen LogP contribution in [0.4, 0.5) is 4.39 Å². The Bertz CT molecular complexity index is 878. The minimum Gasteiger partial charge on any atom is -0.397 e. The van der Waals surface area contributed by atoms with Gasteiger partial charge < -0.3 is 5.73 Å². The standard InChI is InChI=1S/C19H18FN5S/c20-16-5-2-1-4-14(16)10-25-18(15-9-23-13-26-12-15)8-17(21)19-11-22-6-3-7-24-19/h1-8,12-13H,9-11,21H2. The van der Waals surface area contributed by atoms with Crippen LogP contribution in [-0.2, 0) is 6.54 Å². The number of rotatable bonds is 5. The van der Waals surface area contributed by atoms with E-state index in [9.17, 15) is 4.39 Å². The first-order valence-electron chi connectivity index (χ1n) is 8.04. The van der Waals surface area contributed by atoms with Gasteiger partial charge in [-0.05, 0) is 23.6 Å². The molecule has 1 aromatic carbocycles. The van der Waals surface area contributed by atoms with Crippen LogP contribution >= 0.6 is 11.8 Å². The summed E-state index contributed by atoms with van der Waals surface area (Å²) in [6, 6.07) is 6.61. The van der Waals surface area contributed by atoms with Crippen molar-refractivity contribution in [3.8, 4) is 0 Å². The Morgan fingerprint density at radius 3 is 2.96 bits per heavy atom. The number of thioether (sulfide) groups is 1. The van der Waals surface area contributed by atoms with Gasteiger partial charge >= 0.3 is 0 Å². The summed E-state index contributed by atoms with van der Waals surface area (Å²) in [7, 11) is 0. The van der Waals surface area contributed by atoms with Gasteiger partial charge in [0.15, 0.2) is 0 Å². The lowest BCUT2D eigenvalue weighted by molar-refractivity contribution is 0.611. The minimum absolute atomic E-state index is 0.224. The summed E-state index contributed by atoms with van der Waals surface area (Å²) >= 11 is 1.48. The predicted octanol–water partition coefficient (Wildman–Crippen LogP) is 3.31. The van der Waals surface area contributed by atoms with E-state index in [0.717, 1.165) is 5.57 Å². The molecule has 0 fully saturated rings. The number of hydrogen-bond donors (Lipinski definition) is 1. The molecular formula is C19H18FN5S. The summed E-state index contributed by atoms with van der Waals surface area (Å²) in [5.74, 6) is -0.273. The number of nitrogens with zero attached hydrogens (tertiary/aromatic N) is 4. The van der Waals surface area contributed by atoms with Gasteiger partial charge in [0.1, 0.15) is 5.82 Å². The number of nitrogens with two attached hydrogens (primary N) is 1. The maximum absolute atomic E-state index is 13.9. The van der Waals surface area contributed by atoms with Crippen molar-refractivity contribution in [3.63, 3.8) is 0 Å². The van der Waals surface area contributed by atoms with Gasteiger partial charge in [-0.2, -0.15) is 0 Å². The molecule has 3 rings (SSSR count). The van der Waals surface area contributed by atoms with E-state index < -0.39 is 0 Å². The third-order valence-corrected chi connectivity index (χ3v) is 4.38. The third-order valence-electron chi connectivity index (χ3n) is 3.69. The highest BCUT2D eigenvalue weighted by atomic mass is 32.2. The van der Waals surface area contributed by atoms with E-state index in [0.29, 0.717) is 35.8 Å². The molecule has 2 heterocycles. The number of allylic oxidation sites excluding steroid dienone is 2. The van der Waals surface area contributed by atoms with Crippen molar-refractivity contribution in [2.45, 2.75) is 6.54 Å². The molecule has 5 nitrogen and oxygen atoms in total. The van der Waals surface area contributed by atoms with Crippen LogP contribution in [0.25, 0.3) is 0 Å². The molecule has 0 amide bonds. The second kappa shape index (κ2) is 9.05. The molecule has 2 aliphatic heterocycles. The smallest absolute Gasteiger partial charge is 0.128 e. The zero-order valence-electron chi connectivity index (χ0n) is 14.0. The normalized spacial score (nSPS) is 17.7. The number of aliphatic imine (C=N–C) groups is 4. The summed E-state index contributed by atoms with van der Waals surface area (Å²) < 4.78 is 13.9. The highest BCUT2D eigenvalue weighted by Crippen LogP contribution is 2.16. The second-order valence-electron chi connectivity index (χ2n) is 5.52. The Morgan fingerprint density at radius 1 is 1.27 bits per heavy atom. The van der Waals surface area contributed by atoms with E-state index in [4.69, 9.17) is 5.73 Å². The first-order valence-corrected chi connectivity index (χ1v) is 8.98. The summed E-state index contributed by atoms with van der Waals surface area (Å²) in [4.78, 5) is 17.4. The van der Waals surface area contributed by atoms with Crippen LogP contribution in [0.5, 0.6) is 0 Å². The van der Waals surface area contributed by atoms with Crippen molar-refractivity contribution in [1.29, 1.82) is 0 Å². The van der Waals surface area contributed by atoms with E-state index >= 15 is 0 Å². The fraction of sp³-hybridized carbons (Fsp3) is 0.158.